The van der Waals surface area contributed by atoms with Gasteiger partial charge in [-0.2, -0.15) is 0 Å². The van der Waals surface area contributed by atoms with E-state index in [-0.39, 0.29) is 18.5 Å². The number of nitrogens with one attached hydrogen (secondary N) is 1. The van der Waals surface area contributed by atoms with Crippen molar-refractivity contribution in [1.82, 2.24) is 5.32 Å². The third-order valence-corrected chi connectivity index (χ3v) is 3.31. The van der Waals surface area contributed by atoms with E-state index in [0.717, 1.165) is 11.3 Å². The lowest BCUT2D eigenvalue weighted by molar-refractivity contribution is -0.116. The first-order chi connectivity index (χ1) is 9.32. The molecule has 0 aromatic heterocycles. The molecule has 1 aromatic rings. The Labute approximate surface area is 126 Å². The van der Waals surface area contributed by atoms with E-state index in [2.05, 4.69) is 19.2 Å². The molecule has 1 aromatic carbocycles. The number of nitrogens with two attached hydrogens (primary N) is 1. The van der Waals surface area contributed by atoms with E-state index in [0.29, 0.717) is 17.6 Å². The van der Waals surface area contributed by atoms with Crippen molar-refractivity contribution in [3.8, 4) is 0 Å². The number of para-hydroxylation sites is 1. The van der Waals surface area contributed by atoms with Gasteiger partial charge in [-0.25, -0.2) is 0 Å². The van der Waals surface area contributed by atoms with E-state index in [1.807, 2.05) is 36.9 Å². The van der Waals surface area contributed by atoms with Crippen LogP contribution in [0.25, 0.3) is 0 Å². The number of hydrogen-bond acceptors (Lipinski definition) is 3. The lowest BCUT2D eigenvalue weighted by Gasteiger charge is -2.31. The molecule has 0 aliphatic carbocycles. The zero-order chi connectivity index (χ0) is 15.3. The van der Waals surface area contributed by atoms with Crippen molar-refractivity contribution in [3.05, 3.63) is 28.8 Å². The fourth-order valence-corrected chi connectivity index (χ4v) is 2.33. The molecule has 0 radical (unpaired) electrons. The van der Waals surface area contributed by atoms with Gasteiger partial charge in [0, 0.05) is 18.6 Å². The number of hydrogen-bond donors (Lipinski definition) is 2. The third kappa shape index (κ3) is 4.69. The SMILES string of the molecule is CC(C)NCc1cccc(Cl)c1N(CC(N)=O)C(C)C. The quantitative estimate of drug-likeness (QED) is 0.813. The van der Waals surface area contributed by atoms with Gasteiger partial charge >= 0.3 is 0 Å². The predicted octanol–water partition coefficient (Wildman–Crippen LogP) is 2.54. The Bertz CT molecular complexity index is 460. The van der Waals surface area contributed by atoms with Gasteiger partial charge in [0.2, 0.25) is 5.91 Å². The minimum Gasteiger partial charge on any atom is -0.368 e. The van der Waals surface area contributed by atoms with Crippen LogP contribution in [0.15, 0.2) is 18.2 Å². The van der Waals surface area contributed by atoms with Crippen molar-refractivity contribution >= 4 is 23.2 Å². The highest BCUT2D eigenvalue weighted by Crippen LogP contribution is 2.31. The number of halogens is 1. The summed E-state index contributed by atoms with van der Waals surface area (Å²) in [6.45, 7) is 9.09. The molecule has 0 bridgehead atoms. The molecule has 0 heterocycles. The summed E-state index contributed by atoms with van der Waals surface area (Å²) in [5.74, 6) is -0.360. The summed E-state index contributed by atoms with van der Waals surface area (Å²) in [5.41, 5.74) is 7.31. The summed E-state index contributed by atoms with van der Waals surface area (Å²) in [5, 5.41) is 4.02. The van der Waals surface area contributed by atoms with Crippen LogP contribution in [-0.4, -0.2) is 24.5 Å². The molecule has 1 rings (SSSR count). The number of carbonyl (C=O) groups excluding carboxylic acids is 1. The molecular formula is C15H24ClN3O. The highest BCUT2D eigenvalue weighted by molar-refractivity contribution is 6.33. The molecule has 5 heteroatoms. The van der Waals surface area contributed by atoms with Gasteiger partial charge < -0.3 is 16.0 Å². The zero-order valence-corrected chi connectivity index (χ0v) is 13.4. The van der Waals surface area contributed by atoms with Gasteiger partial charge in [0.15, 0.2) is 0 Å². The Balaban J connectivity index is 3.14. The Morgan fingerprint density at radius 3 is 2.50 bits per heavy atom. The number of rotatable bonds is 7. The van der Waals surface area contributed by atoms with Gasteiger partial charge in [-0.05, 0) is 25.5 Å². The minimum absolute atomic E-state index is 0.139. The lowest BCUT2D eigenvalue weighted by Crippen LogP contribution is -2.39. The molecule has 1 amide bonds. The summed E-state index contributed by atoms with van der Waals surface area (Å²) in [6.07, 6.45) is 0. The minimum atomic E-state index is -0.360. The van der Waals surface area contributed by atoms with E-state index in [9.17, 15) is 4.79 Å². The summed E-state index contributed by atoms with van der Waals surface area (Å²) in [7, 11) is 0. The molecule has 0 spiro atoms. The van der Waals surface area contributed by atoms with Crippen molar-refractivity contribution < 1.29 is 4.79 Å². The second kappa shape index (κ2) is 7.50. The molecule has 0 saturated heterocycles. The monoisotopic (exact) mass is 297 g/mol. The van der Waals surface area contributed by atoms with Gasteiger partial charge in [-0.1, -0.05) is 37.6 Å². The molecular weight excluding hydrogens is 274 g/mol. The average Bonchev–Trinajstić information content (AvgIpc) is 2.33. The molecule has 0 atom stereocenters. The van der Waals surface area contributed by atoms with Crippen molar-refractivity contribution in [1.29, 1.82) is 0 Å². The normalized spacial score (nSPS) is 11.2. The summed E-state index contributed by atoms with van der Waals surface area (Å²) >= 11 is 6.35. The Morgan fingerprint density at radius 2 is 2.00 bits per heavy atom. The first-order valence-corrected chi connectivity index (χ1v) is 7.26. The van der Waals surface area contributed by atoms with E-state index in [1.54, 1.807) is 0 Å². The second-order valence-electron chi connectivity index (χ2n) is 5.47. The van der Waals surface area contributed by atoms with Crippen LogP contribution in [-0.2, 0) is 11.3 Å². The number of carbonyl (C=O) groups is 1. The highest BCUT2D eigenvalue weighted by atomic mass is 35.5. The molecule has 0 aliphatic heterocycles. The summed E-state index contributed by atoms with van der Waals surface area (Å²) < 4.78 is 0. The van der Waals surface area contributed by atoms with E-state index in [1.165, 1.54) is 0 Å². The van der Waals surface area contributed by atoms with Crippen LogP contribution in [0.5, 0.6) is 0 Å². The summed E-state index contributed by atoms with van der Waals surface area (Å²) in [4.78, 5) is 13.2. The van der Waals surface area contributed by atoms with Crippen molar-refractivity contribution in [2.75, 3.05) is 11.4 Å². The Hall–Kier alpha value is -1.26. The average molecular weight is 298 g/mol. The largest absolute Gasteiger partial charge is 0.368 e. The summed E-state index contributed by atoms with van der Waals surface area (Å²) in [6, 6.07) is 6.30. The molecule has 3 N–H and O–H groups in total. The number of benzene rings is 1. The topological polar surface area (TPSA) is 58.4 Å². The molecule has 0 unspecified atom stereocenters. The molecule has 112 valence electrons. The van der Waals surface area contributed by atoms with Crippen LogP contribution >= 0.6 is 11.6 Å². The first kappa shape index (κ1) is 16.8. The maximum Gasteiger partial charge on any atom is 0.236 e. The number of primary amides is 1. The molecule has 4 nitrogen and oxygen atoms in total. The maximum atomic E-state index is 11.3. The van der Waals surface area contributed by atoms with E-state index in [4.69, 9.17) is 17.3 Å². The maximum absolute atomic E-state index is 11.3. The van der Waals surface area contributed by atoms with E-state index < -0.39 is 0 Å². The third-order valence-electron chi connectivity index (χ3n) is 3.01. The van der Waals surface area contributed by atoms with Gasteiger partial charge in [0.1, 0.15) is 0 Å². The molecule has 0 saturated carbocycles. The second-order valence-corrected chi connectivity index (χ2v) is 5.88. The van der Waals surface area contributed by atoms with Crippen LogP contribution in [0.2, 0.25) is 5.02 Å². The molecule has 0 aliphatic rings. The first-order valence-electron chi connectivity index (χ1n) is 6.88. The van der Waals surface area contributed by atoms with Crippen LogP contribution in [0.3, 0.4) is 0 Å². The van der Waals surface area contributed by atoms with Gasteiger partial charge in [0.05, 0.1) is 17.3 Å². The van der Waals surface area contributed by atoms with Crippen molar-refractivity contribution in [3.63, 3.8) is 0 Å². The number of nitrogens with zero attached hydrogens (tertiary/aromatic N) is 1. The number of anilines is 1. The van der Waals surface area contributed by atoms with Gasteiger partial charge in [0.25, 0.3) is 0 Å². The van der Waals surface area contributed by atoms with E-state index >= 15 is 0 Å². The van der Waals surface area contributed by atoms with Gasteiger partial charge in [-0.15, -0.1) is 0 Å². The molecule has 0 fully saturated rings. The highest BCUT2D eigenvalue weighted by Gasteiger charge is 2.19. The van der Waals surface area contributed by atoms with Crippen LogP contribution in [0.1, 0.15) is 33.3 Å². The fourth-order valence-electron chi connectivity index (χ4n) is 2.03. The lowest BCUT2D eigenvalue weighted by atomic mass is 10.1. The standard InChI is InChI=1S/C15H24ClN3O/c1-10(2)18-8-12-6-5-7-13(16)15(12)19(11(3)4)9-14(17)20/h5-7,10-11,18H,8-9H2,1-4H3,(H2,17,20). The zero-order valence-electron chi connectivity index (χ0n) is 12.6. The van der Waals surface area contributed by atoms with Gasteiger partial charge in [-0.3, -0.25) is 4.79 Å². The molecule has 20 heavy (non-hydrogen) atoms. The Kier molecular flexibility index (Phi) is 6.30. The van der Waals surface area contributed by atoms with Crippen molar-refractivity contribution in [2.45, 2.75) is 46.3 Å². The van der Waals surface area contributed by atoms with Crippen LogP contribution < -0.4 is 16.0 Å². The Morgan fingerprint density at radius 1 is 1.35 bits per heavy atom. The van der Waals surface area contributed by atoms with Crippen LogP contribution in [0, 0.1) is 0 Å². The smallest absolute Gasteiger partial charge is 0.236 e. The van der Waals surface area contributed by atoms with Crippen LogP contribution in [0.4, 0.5) is 5.69 Å². The number of amides is 1. The van der Waals surface area contributed by atoms with Crippen molar-refractivity contribution in [2.24, 2.45) is 5.73 Å². The predicted molar refractivity (Wildman–Crippen MR) is 85.1 cm³/mol. The fraction of sp³-hybridized carbons (Fsp3) is 0.533.